The highest BCUT2D eigenvalue weighted by molar-refractivity contribution is 6.31. The second-order valence-electron chi connectivity index (χ2n) is 4.80. The van der Waals surface area contributed by atoms with Gasteiger partial charge in [-0.3, -0.25) is 4.68 Å². The van der Waals surface area contributed by atoms with Gasteiger partial charge in [0.2, 0.25) is 0 Å². The normalized spacial score (nSPS) is 12.9. The third kappa shape index (κ3) is 2.69. The van der Waals surface area contributed by atoms with E-state index in [4.69, 9.17) is 11.6 Å². The zero-order chi connectivity index (χ0) is 14.9. The topological polar surface area (TPSA) is 29.9 Å². The van der Waals surface area contributed by atoms with Crippen LogP contribution in [0.2, 0.25) is 5.02 Å². The van der Waals surface area contributed by atoms with Gasteiger partial charge in [-0.15, -0.1) is 0 Å². The van der Waals surface area contributed by atoms with Crippen molar-refractivity contribution in [2.75, 3.05) is 7.05 Å². The Morgan fingerprint density at radius 3 is 2.55 bits per heavy atom. The van der Waals surface area contributed by atoms with Crippen molar-refractivity contribution < 1.29 is 8.78 Å². The van der Waals surface area contributed by atoms with E-state index in [0.29, 0.717) is 16.3 Å². The Kier molecular flexibility index (Phi) is 4.40. The van der Waals surface area contributed by atoms with Crippen LogP contribution in [0.5, 0.6) is 0 Å². The van der Waals surface area contributed by atoms with Crippen LogP contribution in [-0.4, -0.2) is 16.8 Å². The molecule has 2 rings (SSSR count). The molecule has 3 nitrogen and oxygen atoms in total. The van der Waals surface area contributed by atoms with Gasteiger partial charge in [0, 0.05) is 17.7 Å². The van der Waals surface area contributed by atoms with Crippen molar-refractivity contribution in [1.82, 2.24) is 15.1 Å². The van der Waals surface area contributed by atoms with Crippen molar-refractivity contribution in [1.29, 1.82) is 0 Å². The van der Waals surface area contributed by atoms with Crippen LogP contribution in [0, 0.1) is 11.6 Å². The van der Waals surface area contributed by atoms with Crippen LogP contribution < -0.4 is 5.32 Å². The molecule has 0 saturated carbocycles. The van der Waals surface area contributed by atoms with E-state index in [9.17, 15) is 8.78 Å². The molecular weight excluding hydrogens is 284 g/mol. The van der Waals surface area contributed by atoms with Crippen molar-refractivity contribution in [3.05, 3.63) is 52.3 Å². The smallest absolute Gasteiger partial charge is 0.131 e. The van der Waals surface area contributed by atoms with Crippen molar-refractivity contribution in [2.45, 2.75) is 25.9 Å². The SMILES string of the molecule is CNC(c1ccc(F)cc1F)c1c(Cl)cnn1C(C)C. The summed E-state index contributed by atoms with van der Waals surface area (Å²) in [6, 6.07) is 3.10. The zero-order valence-electron chi connectivity index (χ0n) is 11.5. The van der Waals surface area contributed by atoms with Gasteiger partial charge in [-0.05, 0) is 27.0 Å². The van der Waals surface area contributed by atoms with Gasteiger partial charge in [-0.1, -0.05) is 17.7 Å². The summed E-state index contributed by atoms with van der Waals surface area (Å²) in [5, 5.41) is 7.66. The Morgan fingerprint density at radius 2 is 2.00 bits per heavy atom. The van der Waals surface area contributed by atoms with Crippen molar-refractivity contribution in [3.63, 3.8) is 0 Å². The molecule has 2 aromatic rings. The van der Waals surface area contributed by atoms with Crippen LogP contribution in [-0.2, 0) is 0 Å². The minimum absolute atomic E-state index is 0.0804. The molecule has 0 radical (unpaired) electrons. The third-order valence-electron chi connectivity index (χ3n) is 3.11. The highest BCUT2D eigenvalue weighted by Gasteiger charge is 2.24. The summed E-state index contributed by atoms with van der Waals surface area (Å²) in [5.41, 5.74) is 0.993. The van der Waals surface area contributed by atoms with Crippen LogP contribution in [0.15, 0.2) is 24.4 Å². The Bertz CT molecular complexity index is 610. The summed E-state index contributed by atoms with van der Waals surface area (Å²) >= 11 is 6.18. The van der Waals surface area contributed by atoms with Gasteiger partial charge in [0.1, 0.15) is 11.6 Å². The number of nitrogens with one attached hydrogen (secondary N) is 1. The van der Waals surface area contributed by atoms with Gasteiger partial charge in [0.25, 0.3) is 0 Å². The summed E-state index contributed by atoms with van der Waals surface area (Å²) in [6.07, 6.45) is 1.53. The first-order valence-corrected chi connectivity index (χ1v) is 6.68. The molecule has 0 amide bonds. The first-order chi connectivity index (χ1) is 9.45. The summed E-state index contributed by atoms with van der Waals surface area (Å²) in [6.45, 7) is 3.92. The fourth-order valence-electron chi connectivity index (χ4n) is 2.21. The van der Waals surface area contributed by atoms with Crippen LogP contribution in [0.4, 0.5) is 8.78 Å². The minimum Gasteiger partial charge on any atom is -0.308 e. The van der Waals surface area contributed by atoms with E-state index in [1.54, 1.807) is 11.7 Å². The summed E-state index contributed by atoms with van der Waals surface area (Å²) in [7, 11) is 1.70. The van der Waals surface area contributed by atoms with Crippen LogP contribution in [0.3, 0.4) is 0 Å². The Hall–Kier alpha value is -1.46. The average Bonchev–Trinajstić information content (AvgIpc) is 2.75. The largest absolute Gasteiger partial charge is 0.308 e. The Morgan fingerprint density at radius 1 is 1.30 bits per heavy atom. The molecule has 1 heterocycles. The molecule has 20 heavy (non-hydrogen) atoms. The van der Waals surface area contributed by atoms with Crippen LogP contribution in [0.25, 0.3) is 0 Å². The predicted molar refractivity (Wildman–Crippen MR) is 74.9 cm³/mol. The highest BCUT2D eigenvalue weighted by atomic mass is 35.5. The first kappa shape index (κ1) is 14.9. The molecule has 1 aromatic heterocycles. The fourth-order valence-corrected chi connectivity index (χ4v) is 2.45. The third-order valence-corrected chi connectivity index (χ3v) is 3.40. The Labute approximate surface area is 121 Å². The maximum absolute atomic E-state index is 14.0. The maximum atomic E-state index is 14.0. The van der Waals surface area contributed by atoms with E-state index in [1.165, 1.54) is 18.3 Å². The average molecular weight is 300 g/mol. The van der Waals surface area contributed by atoms with Crippen LogP contribution >= 0.6 is 11.6 Å². The molecule has 0 aliphatic carbocycles. The molecule has 1 unspecified atom stereocenters. The number of nitrogens with zero attached hydrogens (tertiary/aromatic N) is 2. The highest BCUT2D eigenvalue weighted by Crippen LogP contribution is 2.31. The second-order valence-corrected chi connectivity index (χ2v) is 5.21. The van der Waals surface area contributed by atoms with Crippen molar-refractivity contribution >= 4 is 11.6 Å². The van der Waals surface area contributed by atoms with E-state index in [1.807, 2.05) is 13.8 Å². The first-order valence-electron chi connectivity index (χ1n) is 6.30. The molecule has 1 atom stereocenters. The van der Waals surface area contributed by atoms with E-state index < -0.39 is 17.7 Å². The quantitative estimate of drug-likeness (QED) is 0.933. The van der Waals surface area contributed by atoms with Gasteiger partial charge < -0.3 is 5.32 Å². The van der Waals surface area contributed by atoms with E-state index in [0.717, 1.165) is 6.07 Å². The van der Waals surface area contributed by atoms with Crippen molar-refractivity contribution in [3.8, 4) is 0 Å². The molecule has 0 saturated heterocycles. The summed E-state index contributed by atoms with van der Waals surface area (Å²) in [4.78, 5) is 0. The fraction of sp³-hybridized carbons (Fsp3) is 0.357. The van der Waals surface area contributed by atoms with Gasteiger partial charge in [0.15, 0.2) is 0 Å². The molecule has 0 aliphatic rings. The summed E-state index contributed by atoms with van der Waals surface area (Å²) < 4.78 is 28.8. The molecule has 0 spiro atoms. The van der Waals surface area contributed by atoms with Crippen molar-refractivity contribution in [2.24, 2.45) is 0 Å². The number of hydrogen-bond acceptors (Lipinski definition) is 2. The molecule has 6 heteroatoms. The van der Waals surface area contributed by atoms with E-state index in [2.05, 4.69) is 10.4 Å². The lowest BCUT2D eigenvalue weighted by Crippen LogP contribution is -2.23. The molecule has 0 fully saturated rings. The zero-order valence-corrected chi connectivity index (χ0v) is 12.2. The lowest BCUT2D eigenvalue weighted by molar-refractivity contribution is 0.474. The second kappa shape index (κ2) is 5.89. The van der Waals surface area contributed by atoms with Gasteiger partial charge in [-0.25, -0.2) is 8.78 Å². The molecule has 108 valence electrons. The lowest BCUT2D eigenvalue weighted by Gasteiger charge is -2.21. The lowest BCUT2D eigenvalue weighted by atomic mass is 10.0. The maximum Gasteiger partial charge on any atom is 0.131 e. The number of benzene rings is 1. The molecule has 0 aliphatic heterocycles. The number of rotatable bonds is 4. The Balaban J connectivity index is 2.55. The number of aromatic nitrogens is 2. The summed E-state index contributed by atoms with van der Waals surface area (Å²) in [5.74, 6) is -1.22. The van der Waals surface area contributed by atoms with Gasteiger partial charge in [0.05, 0.1) is 23.0 Å². The molecular formula is C14H16ClF2N3. The van der Waals surface area contributed by atoms with E-state index >= 15 is 0 Å². The number of halogens is 3. The van der Waals surface area contributed by atoms with Gasteiger partial charge >= 0.3 is 0 Å². The molecule has 1 aromatic carbocycles. The molecule has 1 N–H and O–H groups in total. The molecule has 0 bridgehead atoms. The van der Waals surface area contributed by atoms with E-state index in [-0.39, 0.29) is 6.04 Å². The number of hydrogen-bond donors (Lipinski definition) is 1. The monoisotopic (exact) mass is 299 g/mol. The van der Waals surface area contributed by atoms with Gasteiger partial charge in [-0.2, -0.15) is 5.10 Å². The van der Waals surface area contributed by atoms with Crippen LogP contribution in [0.1, 0.15) is 37.2 Å². The standard InChI is InChI=1S/C14H16ClF2N3/c1-8(2)20-14(11(15)7-19-20)13(18-3)10-5-4-9(16)6-12(10)17/h4-8,13,18H,1-3H3. The predicted octanol–water partition coefficient (Wildman–Crippen LogP) is 3.70. The minimum atomic E-state index is -0.614.